The summed E-state index contributed by atoms with van der Waals surface area (Å²) in [4.78, 5) is 14.9. The van der Waals surface area contributed by atoms with Gasteiger partial charge in [-0.15, -0.1) is 0 Å². The summed E-state index contributed by atoms with van der Waals surface area (Å²) in [6.45, 7) is 2.07. The van der Waals surface area contributed by atoms with E-state index < -0.39 is 0 Å². The predicted octanol–water partition coefficient (Wildman–Crippen LogP) is 3.95. The molecule has 1 atom stereocenters. The highest BCUT2D eigenvalue weighted by molar-refractivity contribution is 6.33. The Bertz CT molecular complexity index is 1000. The zero-order chi connectivity index (χ0) is 19.5. The van der Waals surface area contributed by atoms with Crippen molar-refractivity contribution in [1.82, 2.24) is 9.78 Å². The van der Waals surface area contributed by atoms with Crippen molar-refractivity contribution in [2.24, 2.45) is 0 Å². The van der Waals surface area contributed by atoms with Crippen LogP contribution >= 0.6 is 11.6 Å². The van der Waals surface area contributed by atoms with Crippen molar-refractivity contribution < 1.29 is 4.74 Å². The maximum Gasteiger partial charge on any atom is 0.287 e. The molecule has 0 spiro atoms. The Labute approximate surface area is 169 Å². The second kappa shape index (κ2) is 8.07. The predicted molar refractivity (Wildman–Crippen MR) is 112 cm³/mol. The molecular weight excluding hydrogens is 374 g/mol. The van der Waals surface area contributed by atoms with Crippen LogP contribution in [-0.4, -0.2) is 30.0 Å². The molecule has 0 saturated carbocycles. The topological polar surface area (TPSA) is 47.4 Å². The molecule has 28 heavy (non-hydrogen) atoms. The van der Waals surface area contributed by atoms with Gasteiger partial charge in [0.2, 0.25) is 0 Å². The van der Waals surface area contributed by atoms with E-state index in [0.29, 0.717) is 18.2 Å². The molecule has 1 unspecified atom stereocenters. The van der Waals surface area contributed by atoms with Gasteiger partial charge < -0.3 is 9.64 Å². The monoisotopic (exact) mass is 395 g/mol. The van der Waals surface area contributed by atoms with Gasteiger partial charge in [-0.05, 0) is 29.7 Å². The summed E-state index contributed by atoms with van der Waals surface area (Å²) in [5.74, 6) is 1.25. The van der Waals surface area contributed by atoms with Gasteiger partial charge in [-0.2, -0.15) is 5.10 Å². The fourth-order valence-corrected chi connectivity index (χ4v) is 3.94. The van der Waals surface area contributed by atoms with Crippen molar-refractivity contribution in [3.05, 3.63) is 87.3 Å². The number of hydrogen-bond donors (Lipinski definition) is 0. The average Bonchev–Trinajstić information content (AvgIpc) is 3.22. The fraction of sp³-hybridized carbons (Fsp3) is 0.273. The number of benzene rings is 2. The van der Waals surface area contributed by atoms with E-state index in [1.165, 1.54) is 10.2 Å². The molecule has 2 heterocycles. The second-order valence-corrected chi connectivity index (χ2v) is 7.37. The van der Waals surface area contributed by atoms with Crippen LogP contribution in [0.1, 0.15) is 23.5 Å². The highest BCUT2D eigenvalue weighted by atomic mass is 35.5. The average molecular weight is 396 g/mol. The van der Waals surface area contributed by atoms with Gasteiger partial charge in [-0.1, -0.05) is 54.1 Å². The molecule has 1 aliphatic heterocycles. The lowest BCUT2D eigenvalue weighted by Crippen LogP contribution is -2.28. The molecule has 2 aromatic carbocycles. The summed E-state index contributed by atoms with van der Waals surface area (Å²) in [5.41, 5.74) is 2.74. The lowest BCUT2D eigenvalue weighted by molar-refractivity contribution is 0.414. The third-order valence-corrected chi connectivity index (χ3v) is 5.61. The molecule has 144 valence electrons. The van der Waals surface area contributed by atoms with E-state index in [1.807, 2.05) is 42.5 Å². The van der Waals surface area contributed by atoms with Crippen LogP contribution in [0.2, 0.25) is 5.02 Å². The van der Waals surface area contributed by atoms with Crippen LogP contribution in [0.5, 0.6) is 5.75 Å². The first kappa shape index (κ1) is 18.6. The zero-order valence-corrected chi connectivity index (χ0v) is 16.5. The Morgan fingerprint density at radius 1 is 1.14 bits per heavy atom. The molecule has 0 amide bonds. The summed E-state index contributed by atoms with van der Waals surface area (Å²) < 4.78 is 6.65. The highest BCUT2D eigenvalue weighted by Gasteiger charge is 2.26. The number of rotatable bonds is 5. The van der Waals surface area contributed by atoms with E-state index in [-0.39, 0.29) is 10.6 Å². The summed E-state index contributed by atoms with van der Waals surface area (Å²) in [7, 11) is 1.67. The van der Waals surface area contributed by atoms with E-state index in [0.717, 1.165) is 30.8 Å². The molecule has 1 saturated heterocycles. The first-order chi connectivity index (χ1) is 13.7. The first-order valence-corrected chi connectivity index (χ1v) is 9.72. The van der Waals surface area contributed by atoms with Crippen molar-refractivity contribution >= 4 is 17.3 Å². The number of anilines is 1. The summed E-state index contributed by atoms with van der Waals surface area (Å²) >= 11 is 6.45. The van der Waals surface area contributed by atoms with Crippen molar-refractivity contribution in [3.63, 3.8) is 0 Å². The number of halogens is 1. The van der Waals surface area contributed by atoms with Crippen LogP contribution < -0.4 is 15.2 Å². The normalized spacial score (nSPS) is 16.4. The maximum absolute atomic E-state index is 12.7. The fourth-order valence-electron chi connectivity index (χ4n) is 3.67. The maximum atomic E-state index is 12.7. The van der Waals surface area contributed by atoms with E-state index in [4.69, 9.17) is 16.3 Å². The Morgan fingerprint density at radius 3 is 2.61 bits per heavy atom. The number of nitrogens with zero attached hydrogens (tertiary/aromatic N) is 3. The van der Waals surface area contributed by atoms with Crippen LogP contribution in [0.15, 0.2) is 65.6 Å². The molecule has 0 N–H and O–H groups in total. The quantitative estimate of drug-likeness (QED) is 0.656. The minimum Gasteiger partial charge on any atom is -0.497 e. The summed E-state index contributed by atoms with van der Waals surface area (Å²) in [6, 6.07) is 17.9. The van der Waals surface area contributed by atoms with Crippen LogP contribution in [0.4, 0.5) is 5.69 Å². The van der Waals surface area contributed by atoms with Crippen molar-refractivity contribution in [2.75, 3.05) is 25.1 Å². The van der Waals surface area contributed by atoms with Gasteiger partial charge in [0.05, 0.1) is 25.5 Å². The Kier molecular flexibility index (Phi) is 5.35. The van der Waals surface area contributed by atoms with Gasteiger partial charge in [0, 0.05) is 19.0 Å². The van der Waals surface area contributed by atoms with Crippen molar-refractivity contribution in [2.45, 2.75) is 18.9 Å². The summed E-state index contributed by atoms with van der Waals surface area (Å²) in [6.07, 6.45) is 2.72. The standard InChI is InChI=1S/C22H22ClN3O2/c1-28-19-9-7-17(8-10-19)18-11-12-25(15-18)20-13-24-26(22(27)21(20)23)14-16-5-3-2-4-6-16/h2-10,13,18H,11-12,14-15H2,1H3. The third kappa shape index (κ3) is 3.76. The number of hydrogen-bond acceptors (Lipinski definition) is 4. The largest absolute Gasteiger partial charge is 0.497 e. The van der Waals surface area contributed by atoms with Crippen LogP contribution in [0, 0.1) is 0 Å². The van der Waals surface area contributed by atoms with Gasteiger partial charge in [0.25, 0.3) is 5.56 Å². The molecule has 0 bridgehead atoms. The van der Waals surface area contributed by atoms with Crippen molar-refractivity contribution in [3.8, 4) is 5.75 Å². The second-order valence-electron chi connectivity index (χ2n) is 7.00. The summed E-state index contributed by atoms with van der Waals surface area (Å²) in [5, 5.41) is 4.60. The third-order valence-electron chi connectivity index (χ3n) is 5.26. The molecule has 0 aliphatic carbocycles. The van der Waals surface area contributed by atoms with Gasteiger partial charge >= 0.3 is 0 Å². The van der Waals surface area contributed by atoms with E-state index in [1.54, 1.807) is 13.3 Å². The molecule has 5 nitrogen and oxygen atoms in total. The lowest BCUT2D eigenvalue weighted by atomic mass is 9.98. The zero-order valence-electron chi connectivity index (χ0n) is 15.7. The number of ether oxygens (including phenoxy) is 1. The van der Waals surface area contributed by atoms with E-state index in [2.05, 4.69) is 22.1 Å². The minimum absolute atomic E-state index is 0.237. The van der Waals surface area contributed by atoms with Gasteiger partial charge in [0.1, 0.15) is 10.8 Å². The highest BCUT2D eigenvalue weighted by Crippen LogP contribution is 2.33. The molecule has 0 radical (unpaired) electrons. The molecule has 1 aliphatic rings. The Hall–Kier alpha value is -2.79. The first-order valence-electron chi connectivity index (χ1n) is 9.34. The number of methoxy groups -OCH3 is 1. The van der Waals surface area contributed by atoms with Gasteiger partial charge in [-0.25, -0.2) is 4.68 Å². The van der Waals surface area contributed by atoms with Gasteiger partial charge in [0.15, 0.2) is 0 Å². The molecule has 3 aromatic rings. The van der Waals surface area contributed by atoms with Crippen LogP contribution in [-0.2, 0) is 6.54 Å². The Balaban J connectivity index is 1.51. The van der Waals surface area contributed by atoms with E-state index >= 15 is 0 Å². The molecule has 4 rings (SSSR count). The van der Waals surface area contributed by atoms with E-state index in [9.17, 15) is 4.79 Å². The van der Waals surface area contributed by atoms with Gasteiger partial charge in [-0.3, -0.25) is 4.79 Å². The molecule has 6 heteroatoms. The molecular formula is C22H22ClN3O2. The Morgan fingerprint density at radius 2 is 1.89 bits per heavy atom. The van der Waals surface area contributed by atoms with Crippen molar-refractivity contribution in [1.29, 1.82) is 0 Å². The lowest BCUT2D eigenvalue weighted by Gasteiger charge is -2.20. The molecule has 1 fully saturated rings. The van der Waals surface area contributed by atoms with Crippen LogP contribution in [0.3, 0.4) is 0 Å². The van der Waals surface area contributed by atoms with Crippen LogP contribution in [0.25, 0.3) is 0 Å². The SMILES string of the molecule is COc1ccc(C2CCN(c3cnn(Cc4ccccc4)c(=O)c3Cl)C2)cc1. The smallest absolute Gasteiger partial charge is 0.287 e. The molecule has 1 aromatic heterocycles. The minimum atomic E-state index is -0.254. The number of aromatic nitrogens is 2.